The van der Waals surface area contributed by atoms with Gasteiger partial charge >= 0.3 is 0 Å². The first-order chi connectivity index (χ1) is 10.9. The average molecular weight is 314 g/mol. The van der Waals surface area contributed by atoms with Crippen LogP contribution in [0.3, 0.4) is 0 Å². The minimum absolute atomic E-state index is 0.560. The highest BCUT2D eigenvalue weighted by Gasteiger charge is 2.17. The molecule has 0 radical (unpaired) electrons. The number of nitrogens with zero attached hydrogens (tertiary/aromatic N) is 8. The normalized spacial score (nSPS) is 15.2. The summed E-state index contributed by atoms with van der Waals surface area (Å²) in [4.78, 5) is 24.0. The molecule has 22 heavy (non-hydrogen) atoms. The van der Waals surface area contributed by atoms with Crippen molar-refractivity contribution in [2.45, 2.75) is 0 Å². The molecule has 0 unspecified atom stereocenters. The first kappa shape index (κ1) is 13.3. The van der Waals surface area contributed by atoms with Crippen LogP contribution in [-0.2, 0) is 0 Å². The lowest BCUT2D eigenvalue weighted by Crippen LogP contribution is -2.34. The Kier molecular flexibility index (Phi) is 3.47. The van der Waals surface area contributed by atoms with Crippen LogP contribution in [0.25, 0.3) is 11.9 Å². The summed E-state index contributed by atoms with van der Waals surface area (Å²) < 4.78 is 3.56. The Labute approximate surface area is 131 Å². The molecule has 0 bridgehead atoms. The second kappa shape index (κ2) is 5.76. The lowest BCUT2D eigenvalue weighted by atomic mass is 10.5. The minimum Gasteiger partial charge on any atom is -0.339 e. The number of rotatable bonds is 3. The molecule has 4 heterocycles. The summed E-state index contributed by atoms with van der Waals surface area (Å²) >= 11 is 1.95. The van der Waals surface area contributed by atoms with Crippen molar-refractivity contribution >= 4 is 17.7 Å². The van der Waals surface area contributed by atoms with Gasteiger partial charge in [0.15, 0.2) is 0 Å². The summed E-state index contributed by atoms with van der Waals surface area (Å²) in [6.07, 6.45) is 10.4. The average Bonchev–Trinajstić information content (AvgIpc) is 3.29. The molecule has 1 fully saturated rings. The molecule has 1 saturated heterocycles. The summed E-state index contributed by atoms with van der Waals surface area (Å²) in [5.74, 6) is 4.00. The smallest absolute Gasteiger partial charge is 0.241 e. The third kappa shape index (κ3) is 2.54. The van der Waals surface area contributed by atoms with E-state index in [-0.39, 0.29) is 0 Å². The van der Waals surface area contributed by atoms with E-state index >= 15 is 0 Å². The molecular formula is C13H14N8S. The van der Waals surface area contributed by atoms with Gasteiger partial charge in [-0.15, -0.1) is 0 Å². The Balaban J connectivity index is 1.80. The molecule has 112 valence electrons. The molecule has 0 atom stereocenters. The topological polar surface area (TPSA) is 77.5 Å². The third-order valence-electron chi connectivity index (χ3n) is 3.36. The Morgan fingerprint density at radius 3 is 1.82 bits per heavy atom. The zero-order valence-electron chi connectivity index (χ0n) is 11.8. The molecule has 1 aliphatic heterocycles. The van der Waals surface area contributed by atoms with Crippen LogP contribution in [0.5, 0.6) is 0 Å². The van der Waals surface area contributed by atoms with E-state index in [4.69, 9.17) is 0 Å². The van der Waals surface area contributed by atoms with E-state index in [1.165, 1.54) is 0 Å². The Morgan fingerprint density at radius 2 is 1.32 bits per heavy atom. The predicted molar refractivity (Wildman–Crippen MR) is 83.6 cm³/mol. The summed E-state index contributed by atoms with van der Waals surface area (Å²) in [7, 11) is 0. The highest BCUT2D eigenvalue weighted by Crippen LogP contribution is 2.17. The van der Waals surface area contributed by atoms with Crippen LogP contribution in [0.15, 0.2) is 37.4 Å². The van der Waals surface area contributed by atoms with E-state index in [9.17, 15) is 0 Å². The van der Waals surface area contributed by atoms with Gasteiger partial charge in [-0.25, -0.2) is 9.97 Å². The van der Waals surface area contributed by atoms with Gasteiger partial charge in [0.1, 0.15) is 12.7 Å². The van der Waals surface area contributed by atoms with Crippen molar-refractivity contribution in [3.05, 3.63) is 37.4 Å². The van der Waals surface area contributed by atoms with Gasteiger partial charge in [0.25, 0.3) is 0 Å². The van der Waals surface area contributed by atoms with Gasteiger partial charge < -0.3 is 4.90 Å². The van der Waals surface area contributed by atoms with Crippen molar-refractivity contribution < 1.29 is 0 Å². The van der Waals surface area contributed by atoms with Gasteiger partial charge in [-0.2, -0.15) is 26.7 Å². The highest BCUT2D eigenvalue weighted by molar-refractivity contribution is 7.99. The van der Waals surface area contributed by atoms with Crippen molar-refractivity contribution in [3.8, 4) is 11.9 Å². The van der Waals surface area contributed by atoms with E-state index in [1.54, 1.807) is 34.2 Å². The maximum absolute atomic E-state index is 4.59. The summed E-state index contributed by atoms with van der Waals surface area (Å²) in [6, 6.07) is 0. The van der Waals surface area contributed by atoms with E-state index in [0.717, 1.165) is 24.6 Å². The molecule has 0 saturated carbocycles. The SMILES string of the molecule is c1cn(-c2nc(N3CCSCC3)nc(-n3ccnc3)n2)cn1. The van der Waals surface area contributed by atoms with Crippen LogP contribution in [0.2, 0.25) is 0 Å². The molecule has 8 nitrogen and oxygen atoms in total. The Bertz CT molecular complexity index is 681. The fraction of sp³-hybridized carbons (Fsp3) is 0.308. The number of aromatic nitrogens is 7. The van der Waals surface area contributed by atoms with Crippen LogP contribution >= 0.6 is 11.8 Å². The van der Waals surface area contributed by atoms with Crippen LogP contribution in [-0.4, -0.2) is 58.6 Å². The number of hydrogen-bond acceptors (Lipinski definition) is 7. The third-order valence-corrected chi connectivity index (χ3v) is 4.31. The molecule has 0 N–H and O–H groups in total. The van der Waals surface area contributed by atoms with Crippen LogP contribution in [0.4, 0.5) is 5.95 Å². The van der Waals surface area contributed by atoms with E-state index in [1.807, 2.05) is 24.2 Å². The van der Waals surface area contributed by atoms with Gasteiger partial charge in [-0.3, -0.25) is 9.13 Å². The van der Waals surface area contributed by atoms with Crippen molar-refractivity contribution in [1.29, 1.82) is 0 Å². The zero-order chi connectivity index (χ0) is 14.8. The Morgan fingerprint density at radius 1 is 0.773 bits per heavy atom. The number of thioether (sulfide) groups is 1. The van der Waals surface area contributed by atoms with Gasteiger partial charge in [-0.05, 0) is 0 Å². The number of imidazole rings is 2. The van der Waals surface area contributed by atoms with Crippen molar-refractivity contribution in [3.63, 3.8) is 0 Å². The fourth-order valence-electron chi connectivity index (χ4n) is 2.23. The van der Waals surface area contributed by atoms with Crippen LogP contribution in [0, 0.1) is 0 Å². The quantitative estimate of drug-likeness (QED) is 0.707. The van der Waals surface area contributed by atoms with Gasteiger partial charge in [0.2, 0.25) is 17.8 Å². The summed E-state index contributed by atoms with van der Waals surface area (Å²) in [5.41, 5.74) is 0. The second-order valence-corrected chi connectivity index (χ2v) is 6.00. The first-order valence-electron chi connectivity index (χ1n) is 6.95. The highest BCUT2D eigenvalue weighted by atomic mass is 32.2. The predicted octanol–water partition coefficient (Wildman–Crippen LogP) is 0.796. The monoisotopic (exact) mass is 314 g/mol. The maximum atomic E-state index is 4.59. The first-order valence-corrected chi connectivity index (χ1v) is 8.11. The zero-order valence-corrected chi connectivity index (χ0v) is 12.6. The van der Waals surface area contributed by atoms with Crippen molar-refractivity contribution in [1.82, 2.24) is 34.1 Å². The minimum atomic E-state index is 0.560. The number of anilines is 1. The molecule has 0 amide bonds. The number of hydrogen-bond donors (Lipinski definition) is 0. The molecule has 0 aliphatic carbocycles. The molecule has 1 aliphatic rings. The van der Waals surface area contributed by atoms with Crippen LogP contribution in [0.1, 0.15) is 0 Å². The lowest BCUT2D eigenvalue weighted by molar-refractivity contribution is 0.769. The van der Waals surface area contributed by atoms with Crippen LogP contribution < -0.4 is 4.90 Å². The molecule has 9 heteroatoms. The molecule has 4 rings (SSSR count). The van der Waals surface area contributed by atoms with Gasteiger partial charge in [-0.1, -0.05) is 0 Å². The molecule has 3 aromatic rings. The molecule has 3 aromatic heterocycles. The van der Waals surface area contributed by atoms with E-state index in [2.05, 4.69) is 29.8 Å². The summed E-state index contributed by atoms with van der Waals surface area (Å²) in [6.45, 7) is 1.89. The van der Waals surface area contributed by atoms with E-state index in [0.29, 0.717) is 17.8 Å². The standard InChI is InChI=1S/C13H14N8S/c1-3-20(9-14-1)12-16-11(19-5-7-22-8-6-19)17-13(18-12)21-4-2-15-10-21/h1-4,9-10H,5-8H2. The van der Waals surface area contributed by atoms with Crippen molar-refractivity contribution in [2.24, 2.45) is 0 Å². The van der Waals surface area contributed by atoms with Gasteiger partial charge in [0, 0.05) is 49.4 Å². The Hall–Kier alpha value is -2.42. The van der Waals surface area contributed by atoms with E-state index < -0.39 is 0 Å². The fourth-order valence-corrected chi connectivity index (χ4v) is 3.14. The lowest BCUT2D eigenvalue weighted by Gasteiger charge is -2.26. The summed E-state index contributed by atoms with van der Waals surface area (Å²) in [5, 5.41) is 0. The largest absolute Gasteiger partial charge is 0.339 e. The second-order valence-electron chi connectivity index (χ2n) is 4.77. The van der Waals surface area contributed by atoms with Crippen molar-refractivity contribution in [2.75, 3.05) is 29.5 Å². The molecule has 0 spiro atoms. The molecule has 0 aromatic carbocycles. The maximum Gasteiger partial charge on any atom is 0.241 e. The molecular weight excluding hydrogens is 300 g/mol. The van der Waals surface area contributed by atoms with Gasteiger partial charge in [0.05, 0.1) is 0 Å².